The number of pyridine rings is 1. The molecule has 0 bridgehead atoms. The van der Waals surface area contributed by atoms with Crippen molar-refractivity contribution < 1.29 is 26.0 Å². The average molecular weight is 497 g/mol. The number of hydrogen-bond donors (Lipinski definition) is 2. The Kier molecular flexibility index (Phi) is 6.23. The van der Waals surface area contributed by atoms with Gasteiger partial charge >= 0.3 is 6.18 Å². The second kappa shape index (κ2) is 8.29. The number of imidazole rings is 1. The van der Waals surface area contributed by atoms with E-state index in [-0.39, 0.29) is 27.4 Å². The number of aryl methyl sites for hydroxylation is 1. The third kappa shape index (κ3) is 5.10. The van der Waals surface area contributed by atoms with Crippen LogP contribution in [0.5, 0.6) is 0 Å². The minimum Gasteiger partial charge on any atom is -0.356 e. The molecule has 0 amide bonds. The molecule has 1 aromatic carbocycles. The second-order valence-electron chi connectivity index (χ2n) is 6.62. The van der Waals surface area contributed by atoms with Gasteiger partial charge in [-0.1, -0.05) is 29.3 Å². The third-order valence-corrected chi connectivity index (χ3v) is 5.90. The average Bonchev–Trinajstić information content (AvgIpc) is 3.04. The molecule has 1 atom stereocenters. The summed E-state index contributed by atoms with van der Waals surface area (Å²) in [6.45, 7) is 1.48. The highest BCUT2D eigenvalue weighted by Gasteiger charge is 2.34. The minimum absolute atomic E-state index is 0.0471. The summed E-state index contributed by atoms with van der Waals surface area (Å²) in [5.41, 5.74) is -0.599. The molecule has 0 aliphatic heterocycles. The zero-order valence-electron chi connectivity index (χ0n) is 15.9. The predicted molar refractivity (Wildman–Crippen MR) is 108 cm³/mol. The molecule has 0 fully saturated rings. The van der Waals surface area contributed by atoms with E-state index in [0.29, 0.717) is 11.6 Å². The molecule has 0 saturated heterocycles. The molecule has 2 N–H and O–H groups in total. The van der Waals surface area contributed by atoms with E-state index in [2.05, 4.69) is 20.3 Å². The zero-order valence-corrected chi connectivity index (χ0v) is 18.2. The number of nitrogens with one attached hydrogen (secondary N) is 2. The van der Waals surface area contributed by atoms with Gasteiger partial charge in [-0.25, -0.2) is 22.8 Å². The van der Waals surface area contributed by atoms with E-state index in [1.165, 1.54) is 19.1 Å². The van der Waals surface area contributed by atoms with E-state index >= 15 is 0 Å². The first-order valence-corrected chi connectivity index (χ1v) is 11.1. The van der Waals surface area contributed by atoms with E-state index in [9.17, 15) is 26.0 Å². The summed E-state index contributed by atoms with van der Waals surface area (Å²) in [4.78, 5) is 10.7. The van der Waals surface area contributed by atoms with Gasteiger partial charge in [0.15, 0.2) is 14.9 Å². The minimum atomic E-state index is -4.73. The van der Waals surface area contributed by atoms with Crippen molar-refractivity contribution in [3.05, 3.63) is 69.0 Å². The molecule has 0 radical (unpaired) electrons. The summed E-state index contributed by atoms with van der Waals surface area (Å²) in [5.74, 6) is -0.886. The molecule has 0 aliphatic rings. The molecule has 31 heavy (non-hydrogen) atoms. The highest BCUT2D eigenvalue weighted by molar-refractivity contribution is 7.90. The maximum Gasteiger partial charge on any atom is 0.418 e. The standard InChI is InChI=1S/C18H14Cl2F4N4O2S/c1-8-17(31(2,29)30)28-16(26-8)15(9-3-4-13(21)11(19)5-9)27-14-6-10(18(22,23)24)12(20)7-25-14/h3-7,15H,1-2H3,(H,25,27)(H,26,28)/t15-/m0/s1. The van der Waals surface area contributed by atoms with Crippen LogP contribution >= 0.6 is 23.2 Å². The summed E-state index contributed by atoms with van der Waals surface area (Å²) < 4.78 is 77.2. The highest BCUT2D eigenvalue weighted by atomic mass is 35.5. The molecule has 13 heteroatoms. The molecule has 2 aromatic heterocycles. The lowest BCUT2D eigenvalue weighted by Crippen LogP contribution is -2.16. The molecule has 0 spiro atoms. The van der Waals surface area contributed by atoms with Gasteiger partial charge in [-0.2, -0.15) is 13.2 Å². The van der Waals surface area contributed by atoms with Gasteiger partial charge in [0.1, 0.15) is 23.5 Å². The monoisotopic (exact) mass is 496 g/mol. The number of benzene rings is 1. The molecule has 0 saturated carbocycles. The van der Waals surface area contributed by atoms with E-state index in [4.69, 9.17) is 23.2 Å². The van der Waals surface area contributed by atoms with E-state index in [0.717, 1.165) is 18.5 Å². The van der Waals surface area contributed by atoms with Crippen molar-refractivity contribution in [2.24, 2.45) is 0 Å². The number of sulfone groups is 1. The number of H-pyrrole nitrogens is 1. The number of aromatic amines is 1. The van der Waals surface area contributed by atoms with Crippen LogP contribution in [0.15, 0.2) is 35.5 Å². The number of aromatic nitrogens is 3. The Morgan fingerprint density at radius 2 is 1.84 bits per heavy atom. The van der Waals surface area contributed by atoms with Crippen molar-refractivity contribution in [1.82, 2.24) is 15.0 Å². The second-order valence-corrected chi connectivity index (χ2v) is 9.37. The molecule has 0 aliphatic carbocycles. The Morgan fingerprint density at radius 1 is 1.16 bits per heavy atom. The van der Waals surface area contributed by atoms with Gasteiger partial charge in [-0.3, -0.25) is 0 Å². The van der Waals surface area contributed by atoms with Crippen LogP contribution in [0.4, 0.5) is 23.4 Å². The maximum absolute atomic E-state index is 13.6. The Hall–Kier alpha value is -2.37. The van der Waals surface area contributed by atoms with Gasteiger partial charge in [-0.15, -0.1) is 0 Å². The highest BCUT2D eigenvalue weighted by Crippen LogP contribution is 2.36. The number of halogens is 6. The van der Waals surface area contributed by atoms with Crippen LogP contribution in [0.1, 0.15) is 28.7 Å². The maximum atomic E-state index is 13.6. The van der Waals surface area contributed by atoms with Gasteiger partial charge in [0, 0.05) is 12.5 Å². The van der Waals surface area contributed by atoms with Crippen molar-refractivity contribution in [1.29, 1.82) is 0 Å². The molecule has 0 unspecified atom stereocenters. The molecular formula is C18H14Cl2F4N4O2S. The van der Waals surface area contributed by atoms with Crippen LogP contribution in [0.25, 0.3) is 0 Å². The van der Waals surface area contributed by atoms with E-state index in [1.54, 1.807) is 0 Å². The van der Waals surface area contributed by atoms with Crippen LogP contribution in [-0.2, 0) is 16.0 Å². The first-order chi connectivity index (χ1) is 14.3. The van der Waals surface area contributed by atoms with E-state index < -0.39 is 38.5 Å². The molecule has 166 valence electrons. The number of nitrogens with zero attached hydrogens (tertiary/aromatic N) is 2. The molecule has 6 nitrogen and oxygen atoms in total. The number of anilines is 1. The van der Waals surface area contributed by atoms with Gasteiger partial charge in [-0.05, 0) is 30.7 Å². The van der Waals surface area contributed by atoms with Gasteiger partial charge in [0.25, 0.3) is 0 Å². The summed E-state index contributed by atoms with van der Waals surface area (Å²) in [6.07, 6.45) is -2.93. The van der Waals surface area contributed by atoms with Crippen LogP contribution < -0.4 is 5.32 Å². The molecular weight excluding hydrogens is 483 g/mol. The van der Waals surface area contributed by atoms with Crippen LogP contribution in [0.2, 0.25) is 10.0 Å². The normalized spacial score (nSPS) is 13.3. The number of alkyl halides is 3. The van der Waals surface area contributed by atoms with Crippen LogP contribution in [0, 0.1) is 12.7 Å². The van der Waals surface area contributed by atoms with Crippen molar-refractivity contribution in [2.75, 3.05) is 11.6 Å². The SMILES string of the molecule is Cc1[nH]c([C@@H](Nc2cc(C(F)(F)F)c(Cl)cn2)c2ccc(F)c(Cl)c2)nc1S(C)(=O)=O. The third-order valence-electron chi connectivity index (χ3n) is 4.21. The Labute approximate surface area is 184 Å². The van der Waals surface area contributed by atoms with Crippen molar-refractivity contribution in [2.45, 2.75) is 24.2 Å². The summed E-state index contributed by atoms with van der Waals surface area (Å²) in [6, 6.07) is 3.30. The van der Waals surface area contributed by atoms with Gasteiger partial charge in [0.05, 0.1) is 21.3 Å². The van der Waals surface area contributed by atoms with Crippen LogP contribution in [0.3, 0.4) is 0 Å². The zero-order chi connectivity index (χ0) is 23.1. The summed E-state index contributed by atoms with van der Waals surface area (Å²) in [7, 11) is -3.69. The molecule has 2 heterocycles. The lowest BCUT2D eigenvalue weighted by molar-refractivity contribution is -0.137. The first kappa shape index (κ1) is 23.3. The lowest BCUT2D eigenvalue weighted by Gasteiger charge is -2.19. The quantitative estimate of drug-likeness (QED) is 0.475. The van der Waals surface area contributed by atoms with E-state index in [1.807, 2.05) is 0 Å². The topological polar surface area (TPSA) is 87.7 Å². The van der Waals surface area contributed by atoms with Crippen molar-refractivity contribution >= 4 is 38.9 Å². The largest absolute Gasteiger partial charge is 0.418 e. The fraction of sp³-hybridized carbons (Fsp3) is 0.222. The van der Waals surface area contributed by atoms with Gasteiger partial charge < -0.3 is 10.3 Å². The fourth-order valence-electron chi connectivity index (χ4n) is 2.85. The molecule has 3 rings (SSSR count). The van der Waals surface area contributed by atoms with Crippen molar-refractivity contribution in [3.8, 4) is 0 Å². The van der Waals surface area contributed by atoms with Crippen LogP contribution in [-0.4, -0.2) is 29.6 Å². The van der Waals surface area contributed by atoms with Crippen molar-refractivity contribution in [3.63, 3.8) is 0 Å². The lowest BCUT2D eigenvalue weighted by atomic mass is 10.1. The summed E-state index contributed by atoms with van der Waals surface area (Å²) in [5, 5.41) is 1.69. The molecule has 3 aromatic rings. The Balaban J connectivity index is 2.13. The Morgan fingerprint density at radius 3 is 2.39 bits per heavy atom. The number of rotatable bonds is 5. The first-order valence-electron chi connectivity index (χ1n) is 8.48. The smallest absolute Gasteiger partial charge is 0.356 e. The summed E-state index contributed by atoms with van der Waals surface area (Å²) >= 11 is 11.5. The number of hydrogen-bond acceptors (Lipinski definition) is 5. The fourth-order valence-corrected chi connectivity index (χ4v) is 4.12. The van der Waals surface area contributed by atoms with Gasteiger partial charge in [0.2, 0.25) is 0 Å². The Bertz CT molecular complexity index is 1250. The predicted octanol–water partition coefficient (Wildman–Crippen LogP) is 5.18.